The van der Waals surface area contributed by atoms with Gasteiger partial charge in [0.2, 0.25) is 5.88 Å². The van der Waals surface area contributed by atoms with Gasteiger partial charge in [-0.05, 0) is 50.6 Å². The van der Waals surface area contributed by atoms with Gasteiger partial charge in [-0.15, -0.1) is 0 Å². The van der Waals surface area contributed by atoms with E-state index >= 15 is 0 Å². The highest BCUT2D eigenvalue weighted by atomic mass is 16.5. The van der Waals surface area contributed by atoms with Crippen molar-refractivity contribution >= 4 is 5.91 Å². The molecule has 1 amide bonds. The average Bonchev–Trinajstić information content (AvgIpc) is 3.09. The zero-order chi connectivity index (χ0) is 16.9. The van der Waals surface area contributed by atoms with Gasteiger partial charge in [-0.1, -0.05) is 6.07 Å². The first-order chi connectivity index (χ1) is 11.7. The van der Waals surface area contributed by atoms with E-state index in [1.807, 2.05) is 38.1 Å². The molecule has 3 rings (SSSR count). The molecule has 24 heavy (non-hydrogen) atoms. The van der Waals surface area contributed by atoms with Gasteiger partial charge in [-0.3, -0.25) is 4.79 Å². The number of aryl methyl sites for hydroxylation is 1. The number of rotatable bonds is 5. The second-order valence-corrected chi connectivity index (χ2v) is 5.81. The maximum Gasteiger partial charge on any atom is 0.270 e. The minimum absolute atomic E-state index is 0.134. The van der Waals surface area contributed by atoms with E-state index in [-0.39, 0.29) is 11.9 Å². The van der Waals surface area contributed by atoms with E-state index in [9.17, 15) is 4.79 Å². The highest BCUT2D eigenvalue weighted by Crippen LogP contribution is 2.27. The molecule has 0 aliphatic carbocycles. The van der Waals surface area contributed by atoms with E-state index in [2.05, 4.69) is 20.6 Å². The monoisotopic (exact) mass is 326 g/mol. The molecule has 0 bridgehead atoms. The molecule has 0 saturated carbocycles. The third-order valence-electron chi connectivity index (χ3n) is 4.04. The van der Waals surface area contributed by atoms with Crippen LogP contribution in [-0.2, 0) is 0 Å². The van der Waals surface area contributed by atoms with Crippen LogP contribution in [-0.4, -0.2) is 41.6 Å². The normalized spacial score (nSPS) is 16.8. The Morgan fingerprint density at radius 2 is 2.29 bits per heavy atom. The molecule has 2 aromatic heterocycles. The van der Waals surface area contributed by atoms with Crippen LogP contribution in [0.25, 0.3) is 11.3 Å². The molecule has 0 aromatic carbocycles. The van der Waals surface area contributed by atoms with Crippen LogP contribution in [0.4, 0.5) is 0 Å². The Bertz CT molecular complexity index is 727. The van der Waals surface area contributed by atoms with Crippen molar-refractivity contribution in [2.75, 3.05) is 19.7 Å². The number of nitrogens with zero attached hydrogens (tertiary/aromatic N) is 2. The van der Waals surface area contributed by atoms with E-state index in [4.69, 9.17) is 4.74 Å². The number of hydrogen-bond donors (Lipinski definition) is 2. The first-order valence-electron chi connectivity index (χ1n) is 8.26. The lowest BCUT2D eigenvalue weighted by molar-refractivity contribution is 0.0934. The fourth-order valence-electron chi connectivity index (χ4n) is 2.78. The summed E-state index contributed by atoms with van der Waals surface area (Å²) in [5.74, 6) is 0.396. The topological polar surface area (TPSA) is 76.1 Å². The van der Waals surface area contributed by atoms with Crippen LogP contribution < -0.4 is 15.4 Å². The van der Waals surface area contributed by atoms with E-state index in [0.29, 0.717) is 23.9 Å². The van der Waals surface area contributed by atoms with Crippen LogP contribution in [0.5, 0.6) is 5.88 Å². The summed E-state index contributed by atoms with van der Waals surface area (Å²) in [6, 6.07) is 7.71. The lowest BCUT2D eigenvalue weighted by Gasteiger charge is -2.14. The van der Waals surface area contributed by atoms with Crippen LogP contribution in [0.2, 0.25) is 0 Å². The quantitative estimate of drug-likeness (QED) is 0.878. The Morgan fingerprint density at radius 3 is 3.04 bits per heavy atom. The number of carbonyl (C=O) groups is 1. The third kappa shape index (κ3) is 3.54. The maximum atomic E-state index is 12.6. The van der Waals surface area contributed by atoms with E-state index in [1.54, 1.807) is 6.20 Å². The summed E-state index contributed by atoms with van der Waals surface area (Å²) in [6.07, 6.45) is 2.63. The standard InChI is InChI=1S/C18H22N4O2/c1-3-24-18-14(5-4-9-20-18)15-7-6-12(2)16(22-15)17(23)21-13-8-10-19-11-13/h4-7,9,13,19H,3,8,10-11H2,1-2H3,(H,21,23)/t13-/m1/s1. The fraction of sp³-hybridized carbons (Fsp3) is 0.389. The molecule has 0 radical (unpaired) electrons. The van der Waals surface area contributed by atoms with Gasteiger partial charge in [-0.25, -0.2) is 9.97 Å². The van der Waals surface area contributed by atoms with Gasteiger partial charge in [0.05, 0.1) is 17.9 Å². The van der Waals surface area contributed by atoms with Crippen molar-refractivity contribution in [2.24, 2.45) is 0 Å². The van der Waals surface area contributed by atoms with Crippen LogP contribution >= 0.6 is 0 Å². The smallest absolute Gasteiger partial charge is 0.270 e. The Kier molecular flexibility index (Phi) is 5.05. The molecule has 1 aliphatic heterocycles. The van der Waals surface area contributed by atoms with Crippen molar-refractivity contribution < 1.29 is 9.53 Å². The minimum Gasteiger partial charge on any atom is -0.477 e. The summed E-state index contributed by atoms with van der Waals surface area (Å²) in [5.41, 5.74) is 2.78. The predicted octanol–water partition coefficient (Wildman–Crippen LogP) is 1.94. The minimum atomic E-state index is -0.134. The molecule has 0 unspecified atom stereocenters. The fourth-order valence-corrected chi connectivity index (χ4v) is 2.78. The largest absolute Gasteiger partial charge is 0.477 e. The van der Waals surface area contributed by atoms with Crippen molar-refractivity contribution in [1.29, 1.82) is 0 Å². The summed E-state index contributed by atoms with van der Waals surface area (Å²) < 4.78 is 5.57. The van der Waals surface area contributed by atoms with Crippen molar-refractivity contribution in [3.8, 4) is 17.1 Å². The van der Waals surface area contributed by atoms with Crippen LogP contribution in [0.1, 0.15) is 29.4 Å². The Labute approximate surface area is 141 Å². The van der Waals surface area contributed by atoms with Crippen molar-refractivity contribution in [2.45, 2.75) is 26.3 Å². The van der Waals surface area contributed by atoms with Gasteiger partial charge < -0.3 is 15.4 Å². The average molecular weight is 326 g/mol. The SMILES string of the molecule is CCOc1ncccc1-c1ccc(C)c(C(=O)N[C@@H]2CCNC2)n1. The molecule has 3 heterocycles. The second-order valence-electron chi connectivity index (χ2n) is 5.81. The van der Waals surface area contributed by atoms with Crippen molar-refractivity contribution in [3.63, 3.8) is 0 Å². The summed E-state index contributed by atoms with van der Waals surface area (Å²) in [7, 11) is 0. The van der Waals surface area contributed by atoms with Gasteiger partial charge >= 0.3 is 0 Å². The lowest BCUT2D eigenvalue weighted by Crippen LogP contribution is -2.37. The van der Waals surface area contributed by atoms with Gasteiger partial charge in [0.1, 0.15) is 5.69 Å². The summed E-state index contributed by atoms with van der Waals surface area (Å²) in [4.78, 5) is 21.4. The molecule has 126 valence electrons. The molecule has 0 spiro atoms. The van der Waals surface area contributed by atoms with Gasteiger partial charge in [0, 0.05) is 18.8 Å². The van der Waals surface area contributed by atoms with Gasteiger partial charge in [0.15, 0.2) is 0 Å². The summed E-state index contributed by atoms with van der Waals surface area (Å²) in [6.45, 7) is 6.07. The number of aromatic nitrogens is 2. The van der Waals surface area contributed by atoms with E-state index in [0.717, 1.165) is 30.6 Å². The molecule has 1 fully saturated rings. The van der Waals surface area contributed by atoms with Crippen LogP contribution in [0, 0.1) is 6.92 Å². The molecule has 1 atom stereocenters. The Morgan fingerprint density at radius 1 is 1.42 bits per heavy atom. The number of hydrogen-bond acceptors (Lipinski definition) is 5. The van der Waals surface area contributed by atoms with Crippen LogP contribution in [0.3, 0.4) is 0 Å². The Hall–Kier alpha value is -2.47. The highest BCUT2D eigenvalue weighted by Gasteiger charge is 2.20. The molecular formula is C18H22N4O2. The molecule has 2 aromatic rings. The predicted molar refractivity (Wildman–Crippen MR) is 92.1 cm³/mol. The highest BCUT2D eigenvalue weighted by molar-refractivity contribution is 5.94. The molecule has 1 saturated heterocycles. The number of nitrogens with one attached hydrogen (secondary N) is 2. The molecule has 2 N–H and O–H groups in total. The number of pyridine rings is 2. The summed E-state index contributed by atoms with van der Waals surface area (Å²) >= 11 is 0. The van der Waals surface area contributed by atoms with Crippen molar-refractivity contribution in [3.05, 3.63) is 41.7 Å². The van der Waals surface area contributed by atoms with Crippen LogP contribution in [0.15, 0.2) is 30.5 Å². The molecule has 6 nitrogen and oxygen atoms in total. The van der Waals surface area contributed by atoms with Crippen molar-refractivity contribution in [1.82, 2.24) is 20.6 Å². The molecule has 6 heteroatoms. The number of amides is 1. The number of carbonyl (C=O) groups excluding carboxylic acids is 1. The van der Waals surface area contributed by atoms with E-state index < -0.39 is 0 Å². The zero-order valence-corrected chi connectivity index (χ0v) is 14.0. The lowest BCUT2D eigenvalue weighted by atomic mass is 10.1. The van der Waals surface area contributed by atoms with Gasteiger partial charge in [-0.2, -0.15) is 0 Å². The second kappa shape index (κ2) is 7.40. The zero-order valence-electron chi connectivity index (χ0n) is 14.0. The van der Waals surface area contributed by atoms with Gasteiger partial charge in [0.25, 0.3) is 5.91 Å². The first kappa shape index (κ1) is 16.4. The maximum absolute atomic E-state index is 12.6. The summed E-state index contributed by atoms with van der Waals surface area (Å²) in [5, 5.41) is 6.29. The Balaban J connectivity index is 1.90. The first-order valence-corrected chi connectivity index (χ1v) is 8.26. The molecular weight excluding hydrogens is 304 g/mol. The molecule has 1 aliphatic rings. The third-order valence-corrected chi connectivity index (χ3v) is 4.04. The van der Waals surface area contributed by atoms with E-state index in [1.165, 1.54) is 0 Å². The number of ether oxygens (including phenoxy) is 1.